The van der Waals surface area contributed by atoms with Crippen LogP contribution in [0.4, 0.5) is 0 Å². The zero-order valence-corrected chi connectivity index (χ0v) is 20.7. The maximum Gasteiger partial charge on any atom is 0.217 e. The molecule has 4 rings (SSSR count). The third kappa shape index (κ3) is 4.20. The van der Waals surface area contributed by atoms with Gasteiger partial charge in [-0.25, -0.2) is 9.98 Å². The zero-order valence-electron chi connectivity index (χ0n) is 20.7. The summed E-state index contributed by atoms with van der Waals surface area (Å²) >= 11 is 0. The Labute approximate surface area is 192 Å². The van der Waals surface area contributed by atoms with Gasteiger partial charge in [-0.2, -0.15) is 0 Å². The van der Waals surface area contributed by atoms with Crippen LogP contribution in [0.25, 0.3) is 11.1 Å². The predicted octanol–water partition coefficient (Wildman–Crippen LogP) is 6.35. The van der Waals surface area contributed by atoms with E-state index in [-0.39, 0.29) is 22.9 Å². The Balaban J connectivity index is 1.87. The van der Waals surface area contributed by atoms with Crippen LogP contribution in [-0.2, 0) is 9.47 Å². The molecule has 2 aliphatic rings. The predicted molar refractivity (Wildman–Crippen MR) is 133 cm³/mol. The minimum absolute atomic E-state index is 0.0634. The molecule has 0 bridgehead atoms. The fraction of sp³-hybridized carbons (Fsp3) is 0.500. The second-order valence-corrected chi connectivity index (χ2v) is 11.2. The Hall–Kier alpha value is -2.62. The van der Waals surface area contributed by atoms with Crippen LogP contribution in [0.5, 0.6) is 0 Å². The van der Waals surface area contributed by atoms with Gasteiger partial charge in [-0.3, -0.25) is 0 Å². The zero-order chi connectivity index (χ0) is 23.3. The molecule has 0 radical (unpaired) electrons. The summed E-state index contributed by atoms with van der Waals surface area (Å²) in [5, 5.41) is 0. The van der Waals surface area contributed by atoms with Crippen molar-refractivity contribution in [2.24, 2.45) is 20.8 Å². The molecule has 2 aromatic carbocycles. The van der Waals surface area contributed by atoms with Gasteiger partial charge in [-0.15, -0.1) is 0 Å². The average molecular weight is 433 g/mol. The smallest absolute Gasteiger partial charge is 0.217 e. The summed E-state index contributed by atoms with van der Waals surface area (Å²) in [5.41, 5.74) is 6.89. The molecule has 0 fully saturated rings. The molecule has 2 unspecified atom stereocenters. The van der Waals surface area contributed by atoms with Gasteiger partial charge in [0.1, 0.15) is 13.2 Å². The molecule has 0 aliphatic carbocycles. The van der Waals surface area contributed by atoms with E-state index in [1.54, 1.807) is 0 Å². The maximum absolute atomic E-state index is 6.15. The number of hydrogen-bond donors (Lipinski definition) is 0. The van der Waals surface area contributed by atoms with E-state index in [9.17, 15) is 0 Å². The largest absolute Gasteiger partial charge is 0.475 e. The molecule has 170 valence electrons. The highest BCUT2D eigenvalue weighted by Crippen LogP contribution is 2.38. The third-order valence-electron chi connectivity index (χ3n) is 6.56. The Morgan fingerprint density at radius 2 is 1.03 bits per heavy atom. The van der Waals surface area contributed by atoms with Crippen molar-refractivity contribution in [3.8, 4) is 11.1 Å². The van der Waals surface area contributed by atoms with Crippen molar-refractivity contribution in [2.75, 3.05) is 13.2 Å². The first-order chi connectivity index (χ1) is 15.0. The molecule has 0 saturated carbocycles. The number of aryl methyl sites for hydroxylation is 2. The monoisotopic (exact) mass is 432 g/mol. The van der Waals surface area contributed by atoms with Crippen LogP contribution < -0.4 is 0 Å². The number of rotatable bonds is 3. The maximum atomic E-state index is 6.15. The molecule has 2 aliphatic heterocycles. The molecule has 2 atom stereocenters. The van der Waals surface area contributed by atoms with Gasteiger partial charge in [0, 0.05) is 11.1 Å². The van der Waals surface area contributed by atoms with Crippen molar-refractivity contribution in [1.29, 1.82) is 0 Å². The fourth-order valence-corrected chi connectivity index (χ4v) is 4.29. The highest BCUT2D eigenvalue weighted by molar-refractivity contribution is 6.08. The number of benzene rings is 2. The van der Waals surface area contributed by atoms with Crippen molar-refractivity contribution >= 4 is 11.8 Å². The van der Waals surface area contributed by atoms with Gasteiger partial charge in [0.25, 0.3) is 0 Å². The van der Waals surface area contributed by atoms with E-state index in [4.69, 9.17) is 19.5 Å². The lowest BCUT2D eigenvalue weighted by molar-refractivity contribution is 0.235. The van der Waals surface area contributed by atoms with Gasteiger partial charge >= 0.3 is 0 Å². The van der Waals surface area contributed by atoms with Crippen LogP contribution in [0.3, 0.4) is 0 Å². The Kier molecular flexibility index (Phi) is 5.68. The summed E-state index contributed by atoms with van der Waals surface area (Å²) in [6.07, 6.45) is 0. The molecule has 4 nitrogen and oxygen atoms in total. The van der Waals surface area contributed by atoms with Gasteiger partial charge in [0.05, 0.1) is 12.1 Å². The Morgan fingerprint density at radius 1 is 0.656 bits per heavy atom. The number of hydrogen-bond acceptors (Lipinski definition) is 4. The number of ether oxygens (including phenoxy) is 2. The van der Waals surface area contributed by atoms with Crippen molar-refractivity contribution in [3.05, 3.63) is 58.7 Å². The van der Waals surface area contributed by atoms with E-state index in [0.717, 1.165) is 34.0 Å². The van der Waals surface area contributed by atoms with Gasteiger partial charge in [0.15, 0.2) is 0 Å². The van der Waals surface area contributed by atoms with Gasteiger partial charge in [0.2, 0.25) is 11.8 Å². The summed E-state index contributed by atoms with van der Waals surface area (Å²) in [5.74, 6) is 1.47. The summed E-state index contributed by atoms with van der Waals surface area (Å²) < 4.78 is 12.3. The van der Waals surface area contributed by atoms with Crippen molar-refractivity contribution < 1.29 is 9.47 Å². The minimum Gasteiger partial charge on any atom is -0.475 e. The highest BCUT2D eigenvalue weighted by atomic mass is 16.5. The van der Waals surface area contributed by atoms with Crippen LogP contribution in [-0.4, -0.2) is 37.1 Å². The first-order valence-corrected chi connectivity index (χ1v) is 11.6. The molecule has 0 N–H and O–H groups in total. The van der Waals surface area contributed by atoms with Crippen molar-refractivity contribution in [1.82, 2.24) is 0 Å². The lowest BCUT2D eigenvalue weighted by atomic mass is 9.87. The molecule has 4 heteroatoms. The van der Waals surface area contributed by atoms with Crippen LogP contribution in [0.1, 0.15) is 63.8 Å². The van der Waals surface area contributed by atoms with Gasteiger partial charge < -0.3 is 9.47 Å². The molecule has 0 aromatic heterocycles. The summed E-state index contributed by atoms with van der Waals surface area (Å²) in [6.45, 7) is 18.8. The molecule has 0 amide bonds. The average Bonchev–Trinajstić information content (AvgIpc) is 3.38. The van der Waals surface area contributed by atoms with Crippen LogP contribution in [0, 0.1) is 24.7 Å². The molecule has 0 saturated heterocycles. The topological polar surface area (TPSA) is 43.2 Å². The normalized spacial score (nSPS) is 21.1. The fourth-order valence-electron chi connectivity index (χ4n) is 4.29. The van der Waals surface area contributed by atoms with Crippen LogP contribution in [0.15, 0.2) is 46.4 Å². The van der Waals surface area contributed by atoms with E-state index in [2.05, 4.69) is 91.8 Å². The summed E-state index contributed by atoms with van der Waals surface area (Å²) in [6, 6.07) is 13.0. The minimum atomic E-state index is 0.0634. The van der Waals surface area contributed by atoms with E-state index >= 15 is 0 Å². The number of aliphatic imine (C=N–C) groups is 2. The van der Waals surface area contributed by atoms with Crippen molar-refractivity contribution in [2.45, 2.75) is 67.5 Å². The quantitative estimate of drug-likeness (QED) is 0.567. The standard InChI is InChI=1S/C28H36N2O2/c1-17-11-9-13-19(25-29-21(15-31-25)27(3,4)5)23(17)24-18(2)12-10-14-20(24)26-30-22(16-32-26)28(6,7)8/h9-14,21-22H,15-16H2,1-8H3. The third-order valence-corrected chi connectivity index (χ3v) is 6.56. The first-order valence-electron chi connectivity index (χ1n) is 11.6. The van der Waals surface area contributed by atoms with E-state index < -0.39 is 0 Å². The SMILES string of the molecule is Cc1cccc(C2=NC(C(C)(C)C)CO2)c1-c1c(C)cccc1C1=NC(C(C)(C)C)CO1. The Bertz CT molecular complexity index is 996. The van der Waals surface area contributed by atoms with Crippen molar-refractivity contribution in [3.63, 3.8) is 0 Å². The van der Waals surface area contributed by atoms with Crippen LogP contribution >= 0.6 is 0 Å². The van der Waals surface area contributed by atoms with E-state index in [1.807, 2.05) is 0 Å². The first kappa shape index (κ1) is 22.6. The molecular formula is C28H36N2O2. The molecule has 2 heterocycles. The second-order valence-electron chi connectivity index (χ2n) is 11.2. The number of nitrogens with zero attached hydrogens (tertiary/aromatic N) is 2. The summed E-state index contributed by atoms with van der Waals surface area (Å²) in [7, 11) is 0. The molecule has 0 spiro atoms. The second kappa shape index (κ2) is 8.06. The van der Waals surface area contributed by atoms with Crippen LogP contribution in [0.2, 0.25) is 0 Å². The lowest BCUT2D eigenvalue weighted by Crippen LogP contribution is -2.25. The molecular weight excluding hydrogens is 396 g/mol. The van der Waals surface area contributed by atoms with E-state index in [1.165, 1.54) is 11.1 Å². The molecule has 2 aromatic rings. The summed E-state index contributed by atoms with van der Waals surface area (Å²) in [4.78, 5) is 9.98. The Morgan fingerprint density at radius 3 is 1.34 bits per heavy atom. The van der Waals surface area contributed by atoms with Gasteiger partial charge in [-0.05, 0) is 59.1 Å². The highest BCUT2D eigenvalue weighted by Gasteiger charge is 2.34. The van der Waals surface area contributed by atoms with Gasteiger partial charge in [-0.1, -0.05) is 65.8 Å². The molecule has 32 heavy (non-hydrogen) atoms. The lowest BCUT2D eigenvalue weighted by Gasteiger charge is -2.22. The van der Waals surface area contributed by atoms with E-state index in [0.29, 0.717) is 13.2 Å².